The number of sulfone groups is 1. The quantitative estimate of drug-likeness (QED) is 0.789. The summed E-state index contributed by atoms with van der Waals surface area (Å²) < 4.78 is 23.1. The number of rotatable bonds is 5. The number of hydrogen-bond donors (Lipinski definition) is 2. The van der Waals surface area contributed by atoms with Gasteiger partial charge in [0.25, 0.3) is 0 Å². The number of amides is 1. The van der Waals surface area contributed by atoms with Crippen LogP contribution in [0, 0.1) is 5.92 Å². The van der Waals surface area contributed by atoms with Crippen LogP contribution in [0.15, 0.2) is 0 Å². The molecule has 2 rings (SSSR count). The summed E-state index contributed by atoms with van der Waals surface area (Å²) in [7, 11) is -3.04. The largest absolute Gasteiger partial charge is 0.351 e. The van der Waals surface area contributed by atoms with Crippen molar-refractivity contribution in [3.63, 3.8) is 0 Å². The summed E-state index contributed by atoms with van der Waals surface area (Å²) in [6, 6.07) is 0.0148. The zero-order chi connectivity index (χ0) is 14.8. The zero-order valence-electron chi connectivity index (χ0n) is 12.4. The van der Waals surface area contributed by atoms with E-state index in [4.69, 9.17) is 0 Å². The molecule has 0 aromatic carbocycles. The summed E-state index contributed by atoms with van der Waals surface area (Å²) >= 11 is 0. The third-order valence-corrected chi connectivity index (χ3v) is 6.40. The van der Waals surface area contributed by atoms with Crippen molar-refractivity contribution in [1.82, 2.24) is 10.6 Å². The Labute approximate surface area is 121 Å². The smallest absolute Gasteiger partial charge is 0.237 e. The summed E-state index contributed by atoms with van der Waals surface area (Å²) in [5, 5.41) is 6.25. The molecule has 6 heteroatoms. The number of carbonyl (C=O) groups is 1. The van der Waals surface area contributed by atoms with E-state index < -0.39 is 9.84 Å². The van der Waals surface area contributed by atoms with Gasteiger partial charge in [-0.2, -0.15) is 0 Å². The van der Waals surface area contributed by atoms with E-state index in [0.717, 1.165) is 12.8 Å². The Morgan fingerprint density at radius 2 is 2.05 bits per heavy atom. The Morgan fingerprint density at radius 1 is 1.35 bits per heavy atom. The molecule has 1 aliphatic carbocycles. The predicted octanol–water partition coefficient (Wildman–Crippen LogP) is 0.847. The van der Waals surface area contributed by atoms with Crippen molar-refractivity contribution in [2.45, 2.75) is 64.1 Å². The normalized spacial score (nSPS) is 31.6. The molecule has 0 radical (unpaired) electrons. The second-order valence-electron chi connectivity index (χ2n) is 6.21. The zero-order valence-corrected chi connectivity index (χ0v) is 13.2. The fourth-order valence-corrected chi connectivity index (χ4v) is 4.49. The van der Waals surface area contributed by atoms with Gasteiger partial charge in [0.2, 0.25) is 5.91 Å². The van der Waals surface area contributed by atoms with Crippen molar-refractivity contribution in [1.29, 1.82) is 0 Å². The van der Waals surface area contributed by atoms with Gasteiger partial charge in [-0.05, 0) is 32.1 Å². The lowest BCUT2D eigenvalue weighted by atomic mass is 9.85. The maximum atomic E-state index is 12.2. The van der Waals surface area contributed by atoms with E-state index in [9.17, 15) is 13.2 Å². The molecule has 20 heavy (non-hydrogen) atoms. The second-order valence-corrected chi connectivity index (χ2v) is 8.61. The fourth-order valence-electron chi connectivity index (χ4n) is 3.40. The highest BCUT2D eigenvalue weighted by Crippen LogP contribution is 2.33. The molecule has 0 aromatic heterocycles. The first kappa shape index (κ1) is 15.8. The molecule has 0 spiro atoms. The maximum Gasteiger partial charge on any atom is 0.237 e. The molecule has 2 aliphatic rings. The van der Waals surface area contributed by atoms with Crippen LogP contribution in [0.3, 0.4) is 0 Å². The number of nitrogens with one attached hydrogen (secondary N) is 2. The molecule has 116 valence electrons. The highest BCUT2D eigenvalue weighted by Gasteiger charge is 2.38. The molecule has 0 bridgehead atoms. The first-order chi connectivity index (χ1) is 9.41. The van der Waals surface area contributed by atoms with Crippen LogP contribution >= 0.6 is 0 Å². The molecule has 1 aliphatic heterocycles. The van der Waals surface area contributed by atoms with Gasteiger partial charge in [0.15, 0.2) is 9.84 Å². The lowest BCUT2D eigenvalue weighted by molar-refractivity contribution is -0.123. The lowest BCUT2D eigenvalue weighted by Gasteiger charge is -2.24. The van der Waals surface area contributed by atoms with Gasteiger partial charge in [0.1, 0.15) is 0 Å². The average molecular weight is 302 g/mol. The van der Waals surface area contributed by atoms with Crippen LogP contribution in [0.4, 0.5) is 0 Å². The van der Waals surface area contributed by atoms with Crippen LogP contribution < -0.4 is 10.6 Å². The van der Waals surface area contributed by atoms with E-state index >= 15 is 0 Å². The van der Waals surface area contributed by atoms with E-state index in [0.29, 0.717) is 12.0 Å². The first-order valence-corrected chi connectivity index (χ1v) is 9.50. The second kappa shape index (κ2) is 6.43. The molecule has 5 nitrogen and oxygen atoms in total. The van der Waals surface area contributed by atoms with Gasteiger partial charge >= 0.3 is 0 Å². The summed E-state index contributed by atoms with van der Waals surface area (Å²) in [4.78, 5) is 12.2. The van der Waals surface area contributed by atoms with Crippen LogP contribution in [-0.2, 0) is 14.6 Å². The summed E-state index contributed by atoms with van der Waals surface area (Å²) in [5.41, 5.74) is 0. The van der Waals surface area contributed by atoms with Gasteiger partial charge in [0.05, 0.1) is 11.8 Å². The summed E-state index contributed by atoms with van der Waals surface area (Å²) in [5.74, 6) is 0.723. The molecule has 0 unspecified atom stereocenters. The third kappa shape index (κ3) is 3.95. The van der Waals surface area contributed by atoms with Crippen LogP contribution in [0.5, 0.6) is 0 Å². The topological polar surface area (TPSA) is 75.3 Å². The molecular weight excluding hydrogens is 276 g/mol. The lowest BCUT2D eigenvalue weighted by Crippen LogP contribution is -2.47. The van der Waals surface area contributed by atoms with Crippen molar-refractivity contribution in [3.8, 4) is 0 Å². The molecule has 4 atom stereocenters. The van der Waals surface area contributed by atoms with Crippen LogP contribution in [0.2, 0.25) is 0 Å². The van der Waals surface area contributed by atoms with Crippen molar-refractivity contribution >= 4 is 15.7 Å². The molecule has 1 amide bonds. The van der Waals surface area contributed by atoms with Gasteiger partial charge in [-0.3, -0.25) is 4.79 Å². The van der Waals surface area contributed by atoms with Crippen LogP contribution in [0.1, 0.15) is 46.0 Å². The van der Waals surface area contributed by atoms with Gasteiger partial charge in [-0.25, -0.2) is 8.42 Å². The minimum absolute atomic E-state index is 0.0226. The van der Waals surface area contributed by atoms with Gasteiger partial charge in [-0.1, -0.05) is 19.8 Å². The van der Waals surface area contributed by atoms with E-state index in [1.807, 2.05) is 0 Å². The minimum atomic E-state index is -3.04. The fraction of sp³-hybridized carbons (Fsp3) is 0.929. The number of carbonyl (C=O) groups excluding carboxylic acids is 1. The van der Waals surface area contributed by atoms with E-state index in [1.54, 1.807) is 13.8 Å². The van der Waals surface area contributed by atoms with Crippen LogP contribution in [-0.4, -0.2) is 44.0 Å². The third-order valence-electron chi connectivity index (χ3n) is 4.51. The van der Waals surface area contributed by atoms with Crippen molar-refractivity contribution < 1.29 is 13.2 Å². The van der Waals surface area contributed by atoms with Crippen molar-refractivity contribution in [2.24, 2.45) is 5.92 Å². The predicted molar refractivity (Wildman–Crippen MR) is 79.2 cm³/mol. The summed E-state index contributed by atoms with van der Waals surface area (Å²) in [6.07, 6.45) is 5.77. The molecule has 0 aromatic rings. The Kier molecular flexibility index (Phi) is 5.07. The Bertz CT molecular complexity index is 435. The van der Waals surface area contributed by atoms with E-state index in [2.05, 4.69) is 10.6 Å². The van der Waals surface area contributed by atoms with Crippen molar-refractivity contribution in [3.05, 3.63) is 0 Å². The molecule has 1 heterocycles. The average Bonchev–Trinajstić information content (AvgIpc) is 2.81. The minimum Gasteiger partial charge on any atom is -0.351 e. The Morgan fingerprint density at radius 3 is 2.70 bits per heavy atom. The number of fused-ring (bicyclic) bond motifs is 1. The van der Waals surface area contributed by atoms with Gasteiger partial charge in [0, 0.05) is 17.8 Å². The van der Waals surface area contributed by atoms with Gasteiger partial charge in [-0.15, -0.1) is 0 Å². The van der Waals surface area contributed by atoms with Gasteiger partial charge < -0.3 is 10.6 Å². The molecule has 2 fully saturated rings. The molecule has 2 N–H and O–H groups in total. The number of hydrogen-bond acceptors (Lipinski definition) is 4. The van der Waals surface area contributed by atoms with Crippen LogP contribution in [0.25, 0.3) is 0 Å². The maximum absolute atomic E-state index is 12.2. The molecule has 1 saturated carbocycles. The highest BCUT2D eigenvalue weighted by molar-refractivity contribution is 7.91. The highest BCUT2D eigenvalue weighted by atomic mass is 32.2. The summed E-state index contributed by atoms with van der Waals surface area (Å²) in [6.45, 7) is 3.39. The Hall–Kier alpha value is -0.620. The van der Waals surface area contributed by atoms with E-state index in [-0.39, 0.29) is 29.5 Å². The SMILES string of the molecule is CCS(=O)(=O)C[C@H](C)NC(=O)[C@@H]1C[C@@H]2CCCC[C@@H]2N1. The monoisotopic (exact) mass is 302 g/mol. The standard InChI is InChI=1S/C14H26N2O3S/c1-3-20(18,19)9-10(2)15-14(17)13-8-11-6-4-5-7-12(11)16-13/h10-13,16H,3-9H2,1-2H3,(H,15,17)/t10-,11-,12-,13-/m0/s1. The Balaban J connectivity index is 1.83. The first-order valence-electron chi connectivity index (χ1n) is 7.68. The van der Waals surface area contributed by atoms with E-state index in [1.165, 1.54) is 19.3 Å². The molecule has 1 saturated heterocycles. The van der Waals surface area contributed by atoms with Crippen molar-refractivity contribution in [2.75, 3.05) is 11.5 Å². The molecular formula is C14H26N2O3S.